The maximum Gasteiger partial charge on any atom is 0.228 e. The zero-order valence-corrected chi connectivity index (χ0v) is 14.3. The van der Waals surface area contributed by atoms with E-state index in [1.165, 1.54) is 0 Å². The number of benzene rings is 2. The molecule has 0 fully saturated rings. The van der Waals surface area contributed by atoms with Gasteiger partial charge < -0.3 is 10.6 Å². The third-order valence-electron chi connectivity index (χ3n) is 4.30. The highest BCUT2D eigenvalue weighted by atomic mass is 16.2. The molecular formula is C20H20N2O3. The van der Waals surface area contributed by atoms with Gasteiger partial charge in [-0.05, 0) is 54.8 Å². The van der Waals surface area contributed by atoms with Gasteiger partial charge in [0, 0.05) is 29.8 Å². The molecule has 2 amide bonds. The van der Waals surface area contributed by atoms with E-state index in [-0.39, 0.29) is 30.4 Å². The molecule has 0 saturated heterocycles. The second kappa shape index (κ2) is 6.89. The van der Waals surface area contributed by atoms with Crippen LogP contribution in [0.1, 0.15) is 39.9 Å². The van der Waals surface area contributed by atoms with Crippen LogP contribution < -0.4 is 10.6 Å². The van der Waals surface area contributed by atoms with Crippen LogP contribution in [0.2, 0.25) is 0 Å². The molecule has 0 aliphatic carbocycles. The number of anilines is 2. The van der Waals surface area contributed by atoms with Gasteiger partial charge in [-0.1, -0.05) is 12.1 Å². The van der Waals surface area contributed by atoms with Gasteiger partial charge >= 0.3 is 0 Å². The Balaban J connectivity index is 1.59. The lowest BCUT2D eigenvalue weighted by molar-refractivity contribution is -0.116. The van der Waals surface area contributed by atoms with Crippen molar-refractivity contribution in [2.45, 2.75) is 33.1 Å². The molecule has 0 unspecified atom stereocenters. The summed E-state index contributed by atoms with van der Waals surface area (Å²) < 4.78 is 0. The first-order valence-corrected chi connectivity index (χ1v) is 8.25. The lowest BCUT2D eigenvalue weighted by Gasteiger charge is -2.09. The van der Waals surface area contributed by atoms with Gasteiger partial charge in [-0.25, -0.2) is 0 Å². The van der Waals surface area contributed by atoms with Crippen molar-refractivity contribution in [3.05, 3.63) is 58.7 Å². The Kier molecular flexibility index (Phi) is 4.65. The lowest BCUT2D eigenvalue weighted by atomic mass is 10.0. The fourth-order valence-electron chi connectivity index (χ4n) is 2.86. The first-order chi connectivity index (χ1) is 11.9. The van der Waals surface area contributed by atoms with Crippen LogP contribution in [-0.2, 0) is 16.0 Å². The van der Waals surface area contributed by atoms with E-state index in [9.17, 15) is 14.4 Å². The molecule has 25 heavy (non-hydrogen) atoms. The molecule has 128 valence electrons. The number of hydrogen-bond donors (Lipinski definition) is 2. The first kappa shape index (κ1) is 16.9. The number of amides is 2. The van der Waals surface area contributed by atoms with Crippen LogP contribution in [0, 0.1) is 13.8 Å². The molecule has 2 aromatic carbocycles. The minimum Gasteiger partial charge on any atom is -0.326 e. The van der Waals surface area contributed by atoms with Gasteiger partial charge in [-0.3, -0.25) is 14.4 Å². The number of carbonyl (C=O) groups excluding carboxylic acids is 3. The van der Waals surface area contributed by atoms with Crippen molar-refractivity contribution in [3.63, 3.8) is 0 Å². The van der Waals surface area contributed by atoms with E-state index in [0.29, 0.717) is 12.0 Å². The predicted molar refractivity (Wildman–Crippen MR) is 96.9 cm³/mol. The molecule has 1 heterocycles. The van der Waals surface area contributed by atoms with Crippen LogP contribution in [0.15, 0.2) is 36.4 Å². The maximum atomic E-state index is 12.3. The molecule has 0 atom stereocenters. The monoisotopic (exact) mass is 336 g/mol. The fraction of sp³-hybridized carbons (Fsp3) is 0.250. The van der Waals surface area contributed by atoms with E-state index in [1.807, 2.05) is 32.0 Å². The summed E-state index contributed by atoms with van der Waals surface area (Å²) >= 11 is 0. The van der Waals surface area contributed by atoms with E-state index in [4.69, 9.17) is 0 Å². The first-order valence-electron chi connectivity index (χ1n) is 8.25. The average molecular weight is 336 g/mol. The standard InChI is InChI=1S/C20H20N2O3/c1-12-3-4-13(2)17(9-12)22-19(24)8-7-18(23)14-5-6-16-15(10-14)11-20(25)21-16/h3-6,9-10H,7-8,11H2,1-2H3,(H,21,25)(H,22,24). The van der Waals surface area contributed by atoms with E-state index in [0.717, 1.165) is 28.1 Å². The third kappa shape index (κ3) is 3.94. The van der Waals surface area contributed by atoms with E-state index in [2.05, 4.69) is 10.6 Å². The molecule has 2 N–H and O–H groups in total. The number of aryl methyl sites for hydroxylation is 2. The zero-order valence-electron chi connectivity index (χ0n) is 14.3. The minimum atomic E-state index is -0.181. The average Bonchev–Trinajstić information content (AvgIpc) is 2.95. The topological polar surface area (TPSA) is 75.3 Å². The van der Waals surface area contributed by atoms with Gasteiger partial charge in [0.1, 0.15) is 0 Å². The Hall–Kier alpha value is -2.95. The molecular weight excluding hydrogens is 316 g/mol. The van der Waals surface area contributed by atoms with E-state index in [1.54, 1.807) is 18.2 Å². The second-order valence-corrected chi connectivity index (χ2v) is 6.39. The van der Waals surface area contributed by atoms with Crippen molar-refractivity contribution in [3.8, 4) is 0 Å². The summed E-state index contributed by atoms with van der Waals surface area (Å²) in [7, 11) is 0. The van der Waals surface area contributed by atoms with Gasteiger partial charge in [0.25, 0.3) is 0 Å². The molecule has 1 aliphatic rings. The molecule has 3 rings (SSSR count). The molecule has 0 aromatic heterocycles. The van der Waals surface area contributed by atoms with Crippen molar-refractivity contribution >= 4 is 29.0 Å². The highest BCUT2D eigenvalue weighted by Gasteiger charge is 2.19. The Bertz CT molecular complexity index is 871. The summed E-state index contributed by atoms with van der Waals surface area (Å²) in [6, 6.07) is 11.0. The SMILES string of the molecule is Cc1ccc(C)c(NC(=O)CCC(=O)c2ccc3c(c2)CC(=O)N3)c1. The Labute approximate surface area is 146 Å². The maximum absolute atomic E-state index is 12.3. The summed E-state index contributed by atoms with van der Waals surface area (Å²) in [6.07, 6.45) is 0.556. The van der Waals surface area contributed by atoms with Crippen LogP contribution in [0.3, 0.4) is 0 Å². The van der Waals surface area contributed by atoms with Crippen molar-refractivity contribution in [1.29, 1.82) is 0 Å². The smallest absolute Gasteiger partial charge is 0.228 e. The van der Waals surface area contributed by atoms with Gasteiger partial charge in [0.15, 0.2) is 5.78 Å². The van der Waals surface area contributed by atoms with Crippen LogP contribution >= 0.6 is 0 Å². The molecule has 5 heteroatoms. The Morgan fingerprint density at radius 2 is 1.88 bits per heavy atom. The molecule has 0 bridgehead atoms. The normalized spacial score (nSPS) is 12.5. The highest BCUT2D eigenvalue weighted by molar-refractivity contribution is 6.03. The summed E-state index contributed by atoms with van der Waals surface area (Å²) in [5, 5.41) is 5.60. The largest absolute Gasteiger partial charge is 0.326 e. The number of fused-ring (bicyclic) bond motifs is 1. The van der Waals surface area contributed by atoms with Gasteiger partial charge in [-0.15, -0.1) is 0 Å². The third-order valence-corrected chi connectivity index (χ3v) is 4.30. The molecule has 0 spiro atoms. The molecule has 2 aromatic rings. The van der Waals surface area contributed by atoms with Crippen molar-refractivity contribution in [2.75, 3.05) is 10.6 Å². The number of ketones is 1. The van der Waals surface area contributed by atoms with Crippen LogP contribution in [0.5, 0.6) is 0 Å². The van der Waals surface area contributed by atoms with Gasteiger partial charge in [-0.2, -0.15) is 0 Å². The second-order valence-electron chi connectivity index (χ2n) is 6.39. The van der Waals surface area contributed by atoms with E-state index < -0.39 is 0 Å². The van der Waals surface area contributed by atoms with Crippen LogP contribution in [0.4, 0.5) is 11.4 Å². The minimum absolute atomic E-state index is 0.0625. The summed E-state index contributed by atoms with van der Waals surface area (Å²) in [5.41, 5.74) is 4.96. The lowest BCUT2D eigenvalue weighted by Crippen LogP contribution is -2.14. The van der Waals surface area contributed by atoms with E-state index >= 15 is 0 Å². The highest BCUT2D eigenvalue weighted by Crippen LogP contribution is 2.24. The quantitative estimate of drug-likeness (QED) is 0.822. The number of Topliss-reactive ketones (excluding diaryl/α,β-unsaturated/α-hetero) is 1. The summed E-state index contributed by atoms with van der Waals surface area (Å²) in [4.78, 5) is 35.8. The molecule has 0 radical (unpaired) electrons. The molecule has 5 nitrogen and oxygen atoms in total. The number of carbonyl (C=O) groups is 3. The van der Waals surface area contributed by atoms with Crippen LogP contribution in [0.25, 0.3) is 0 Å². The number of hydrogen-bond acceptors (Lipinski definition) is 3. The summed E-state index contributed by atoms with van der Waals surface area (Å²) in [6.45, 7) is 3.89. The molecule has 1 aliphatic heterocycles. The van der Waals surface area contributed by atoms with Crippen molar-refractivity contribution < 1.29 is 14.4 Å². The Morgan fingerprint density at radius 3 is 2.68 bits per heavy atom. The Morgan fingerprint density at radius 1 is 1.08 bits per heavy atom. The van der Waals surface area contributed by atoms with Gasteiger partial charge in [0.05, 0.1) is 6.42 Å². The van der Waals surface area contributed by atoms with Crippen molar-refractivity contribution in [2.24, 2.45) is 0 Å². The zero-order chi connectivity index (χ0) is 18.0. The number of nitrogens with one attached hydrogen (secondary N) is 2. The number of rotatable bonds is 5. The van der Waals surface area contributed by atoms with Gasteiger partial charge in [0.2, 0.25) is 11.8 Å². The van der Waals surface area contributed by atoms with Crippen LogP contribution in [-0.4, -0.2) is 17.6 Å². The fourth-order valence-corrected chi connectivity index (χ4v) is 2.86. The molecule has 0 saturated carbocycles. The summed E-state index contributed by atoms with van der Waals surface area (Å²) in [5.74, 6) is -0.342. The van der Waals surface area contributed by atoms with Crippen molar-refractivity contribution in [1.82, 2.24) is 0 Å². The predicted octanol–water partition coefficient (Wildman–Crippen LogP) is 3.40.